The lowest BCUT2D eigenvalue weighted by atomic mass is 10.0. The molecule has 0 amide bonds. The molecule has 3 fully saturated rings. The monoisotopic (exact) mass is 1260 g/mol. The standard InChI is InChI=1S/2C26H31FN4O.C24H28N4O/c1-18-16-31(19(2)15-29-18)17-21-9-10-24(27)23(14-21)25-11-12-28-26(30-25)8-4-6-20-5-3-7-22(32)13-20;1-18-16-31(19(2)15-29-18)17-21-8-11-24(27)23(14-21)25-12-13-28-26(30-25)5-3-4-20-6-9-22(32)10-7-20;29-22-9-7-19(8-10-22)3-2-6-24-26-12-11-23(27-24)21-5-1-4-20(17-21)18-28-15-13-25-14-16-28/h3,5,7,9-14,18-19,29,32H,4,6,8,15-17H2,1-2H3;6-14,18-19,29,32H,3-5,15-17H2,1-2H3;1,4-5,7-12,17,25,29H,2-3,6,13-16,18H2/t2*18-,19-;/m11./s1. The summed E-state index contributed by atoms with van der Waals surface area (Å²) in [5.41, 5.74) is 11.4. The average Bonchev–Trinajstić information content (AvgIpc) is 3.51. The number of piperazine rings is 3. The summed E-state index contributed by atoms with van der Waals surface area (Å²) in [6, 6.07) is 48.7. The van der Waals surface area contributed by atoms with Crippen LogP contribution in [0.4, 0.5) is 8.78 Å². The van der Waals surface area contributed by atoms with E-state index in [-0.39, 0.29) is 23.1 Å². The van der Waals surface area contributed by atoms with Crippen LogP contribution in [-0.4, -0.2) is 136 Å². The molecule has 6 N–H and O–H groups in total. The van der Waals surface area contributed by atoms with Crippen molar-refractivity contribution in [3.63, 3.8) is 0 Å². The summed E-state index contributed by atoms with van der Waals surface area (Å²) in [4.78, 5) is 34.7. The first-order chi connectivity index (χ1) is 45.2. The molecule has 3 saturated heterocycles. The number of nitrogens with zero attached hydrogens (tertiary/aromatic N) is 9. The minimum Gasteiger partial charge on any atom is -0.508 e. The zero-order valence-corrected chi connectivity index (χ0v) is 54.2. The van der Waals surface area contributed by atoms with E-state index in [0.29, 0.717) is 71.1 Å². The molecule has 0 aliphatic carbocycles. The molecule has 0 spiro atoms. The van der Waals surface area contributed by atoms with Crippen LogP contribution in [-0.2, 0) is 58.2 Å². The Hall–Kier alpha value is -8.42. The number of nitrogens with one attached hydrogen (secondary N) is 3. The minimum atomic E-state index is -0.264. The van der Waals surface area contributed by atoms with Crippen molar-refractivity contribution in [1.82, 2.24) is 60.6 Å². The lowest BCUT2D eigenvalue weighted by Crippen LogP contribution is -2.53. The Kier molecular flexibility index (Phi) is 24.6. The Balaban J connectivity index is 0.000000153. The van der Waals surface area contributed by atoms with Crippen LogP contribution in [0, 0.1) is 11.6 Å². The fraction of sp³-hybridized carbons (Fsp3) is 0.368. The highest BCUT2D eigenvalue weighted by Crippen LogP contribution is 2.28. The second-order valence-corrected chi connectivity index (χ2v) is 25.2. The molecule has 6 aromatic carbocycles. The van der Waals surface area contributed by atoms with E-state index in [4.69, 9.17) is 4.98 Å². The average molecular weight is 1260 g/mol. The molecule has 3 aliphatic heterocycles. The second kappa shape index (κ2) is 33.9. The zero-order chi connectivity index (χ0) is 64.9. The van der Waals surface area contributed by atoms with Crippen LogP contribution < -0.4 is 16.0 Å². The van der Waals surface area contributed by atoms with Gasteiger partial charge in [-0.25, -0.2) is 38.7 Å². The number of hydrogen-bond acceptors (Lipinski definition) is 15. The number of phenolic OH excluding ortho intramolecular Hbond substituents is 3. The molecular formula is C76H90F2N12O3. The number of hydrogen-bond donors (Lipinski definition) is 6. The summed E-state index contributed by atoms with van der Waals surface area (Å²) >= 11 is 0. The molecule has 12 rings (SSSR count). The van der Waals surface area contributed by atoms with Crippen molar-refractivity contribution in [2.75, 3.05) is 52.4 Å². The van der Waals surface area contributed by atoms with E-state index >= 15 is 0 Å². The van der Waals surface area contributed by atoms with Gasteiger partial charge in [0, 0.05) is 151 Å². The van der Waals surface area contributed by atoms with Crippen LogP contribution in [0.15, 0.2) is 170 Å². The Bertz CT molecular complexity index is 3800. The van der Waals surface area contributed by atoms with Gasteiger partial charge < -0.3 is 31.3 Å². The van der Waals surface area contributed by atoms with Crippen LogP contribution in [0.3, 0.4) is 0 Å². The number of aryl methyl sites for hydroxylation is 6. The SMILES string of the molecule is C[C@@H]1CN(Cc2ccc(F)c(-c3ccnc(CCCc4ccc(O)cc4)n3)c2)[C@H](C)CN1.C[C@@H]1CN(Cc2ccc(F)c(-c3ccnc(CCCc4cccc(O)c4)n3)c2)[C@H](C)CN1.Oc1ccc(CCCc2nccc(-c3cccc(CN4CCNCC4)c3)n2)cc1. The first-order valence-corrected chi connectivity index (χ1v) is 33.1. The largest absolute Gasteiger partial charge is 0.508 e. The fourth-order valence-electron chi connectivity index (χ4n) is 12.2. The highest BCUT2D eigenvalue weighted by molar-refractivity contribution is 5.62. The third kappa shape index (κ3) is 20.8. The number of halogens is 2. The Labute approximate surface area is 547 Å². The van der Waals surface area contributed by atoms with E-state index < -0.39 is 0 Å². The second-order valence-electron chi connectivity index (χ2n) is 25.2. The molecular weight excluding hydrogens is 1170 g/mol. The number of rotatable bonds is 21. The van der Waals surface area contributed by atoms with Crippen molar-refractivity contribution in [3.05, 3.63) is 233 Å². The molecule has 15 nitrogen and oxygen atoms in total. The van der Waals surface area contributed by atoms with E-state index in [1.54, 1.807) is 73.1 Å². The molecule has 0 unspecified atom stereocenters. The van der Waals surface area contributed by atoms with Gasteiger partial charge in [0.15, 0.2) is 0 Å². The van der Waals surface area contributed by atoms with Gasteiger partial charge in [-0.3, -0.25) is 14.7 Å². The van der Waals surface area contributed by atoms with Gasteiger partial charge in [0.1, 0.15) is 46.4 Å². The smallest absolute Gasteiger partial charge is 0.132 e. The van der Waals surface area contributed by atoms with Gasteiger partial charge in [0.25, 0.3) is 0 Å². The summed E-state index contributed by atoms with van der Waals surface area (Å²) in [7, 11) is 0. The van der Waals surface area contributed by atoms with Crippen LogP contribution >= 0.6 is 0 Å². The van der Waals surface area contributed by atoms with Gasteiger partial charge in [-0.2, -0.15) is 0 Å². The number of benzene rings is 6. The normalized spacial score (nSPS) is 17.8. The molecule has 0 bridgehead atoms. The van der Waals surface area contributed by atoms with Gasteiger partial charge in [0.05, 0.1) is 17.1 Å². The highest BCUT2D eigenvalue weighted by Gasteiger charge is 2.25. The van der Waals surface area contributed by atoms with Crippen LogP contribution in [0.5, 0.6) is 17.2 Å². The number of phenols is 3. The maximum Gasteiger partial charge on any atom is 0.132 e. The summed E-state index contributed by atoms with van der Waals surface area (Å²) in [5, 5.41) is 38.8. The molecule has 17 heteroatoms. The van der Waals surface area contributed by atoms with Crippen molar-refractivity contribution in [2.24, 2.45) is 0 Å². The Morgan fingerprint density at radius 3 is 1.35 bits per heavy atom. The Morgan fingerprint density at radius 2 is 0.860 bits per heavy atom. The molecule has 0 saturated carbocycles. The maximum atomic E-state index is 14.7. The summed E-state index contributed by atoms with van der Waals surface area (Å²) in [6.07, 6.45) is 12.9. The van der Waals surface area contributed by atoms with Gasteiger partial charge in [-0.1, -0.05) is 66.7 Å². The van der Waals surface area contributed by atoms with E-state index in [9.17, 15) is 24.1 Å². The van der Waals surface area contributed by atoms with Gasteiger partial charge in [-0.05, 0) is 185 Å². The number of aromatic hydroxyl groups is 3. The molecule has 0 radical (unpaired) electrons. The van der Waals surface area contributed by atoms with Crippen molar-refractivity contribution in [3.8, 4) is 51.0 Å². The minimum absolute atomic E-state index is 0.260. The summed E-state index contributed by atoms with van der Waals surface area (Å²) in [5.74, 6) is 2.64. The predicted molar refractivity (Wildman–Crippen MR) is 366 cm³/mol. The highest BCUT2D eigenvalue weighted by atomic mass is 19.1. The van der Waals surface area contributed by atoms with Gasteiger partial charge in [-0.15, -0.1) is 0 Å². The first kappa shape index (κ1) is 67.5. The quantitative estimate of drug-likeness (QED) is 0.0399. The van der Waals surface area contributed by atoms with E-state index in [0.717, 1.165) is 162 Å². The van der Waals surface area contributed by atoms with Crippen molar-refractivity contribution >= 4 is 0 Å². The van der Waals surface area contributed by atoms with Gasteiger partial charge >= 0.3 is 0 Å². The zero-order valence-electron chi connectivity index (χ0n) is 54.2. The molecule has 3 aromatic heterocycles. The van der Waals surface area contributed by atoms with Crippen molar-refractivity contribution in [1.29, 1.82) is 0 Å². The molecule has 4 atom stereocenters. The summed E-state index contributed by atoms with van der Waals surface area (Å²) in [6.45, 7) is 19.6. The molecule has 9 aromatic rings. The summed E-state index contributed by atoms with van der Waals surface area (Å²) < 4.78 is 29.4. The third-order valence-electron chi connectivity index (χ3n) is 17.5. The lowest BCUT2D eigenvalue weighted by Gasteiger charge is -2.37. The maximum absolute atomic E-state index is 14.7. The topological polar surface area (TPSA) is 184 Å². The first-order valence-electron chi connectivity index (χ1n) is 33.1. The molecule has 6 heterocycles. The van der Waals surface area contributed by atoms with E-state index in [2.05, 4.69) is 108 Å². The Morgan fingerprint density at radius 1 is 0.430 bits per heavy atom. The number of aromatic nitrogens is 6. The van der Waals surface area contributed by atoms with Crippen molar-refractivity contribution < 1.29 is 24.1 Å². The third-order valence-corrected chi connectivity index (χ3v) is 17.5. The molecule has 486 valence electrons. The van der Waals surface area contributed by atoms with E-state index in [1.807, 2.05) is 72.9 Å². The van der Waals surface area contributed by atoms with Gasteiger partial charge in [0.2, 0.25) is 0 Å². The molecule has 93 heavy (non-hydrogen) atoms. The fourth-order valence-corrected chi connectivity index (χ4v) is 12.2. The molecule has 3 aliphatic rings. The van der Waals surface area contributed by atoms with Crippen molar-refractivity contribution in [2.45, 2.75) is 129 Å². The van der Waals surface area contributed by atoms with Crippen LogP contribution in [0.2, 0.25) is 0 Å². The van der Waals surface area contributed by atoms with E-state index in [1.165, 1.54) is 11.1 Å². The van der Waals surface area contributed by atoms with Crippen LogP contribution in [0.25, 0.3) is 33.8 Å². The van der Waals surface area contributed by atoms with Crippen LogP contribution in [0.1, 0.15) is 97.8 Å². The lowest BCUT2D eigenvalue weighted by molar-refractivity contribution is 0.139. The predicted octanol–water partition coefficient (Wildman–Crippen LogP) is 12.1.